The number of fused-ring (bicyclic) bond motifs is 2. The second-order valence-corrected chi connectivity index (χ2v) is 7.95. The van der Waals surface area contributed by atoms with Crippen molar-refractivity contribution in [2.75, 3.05) is 13.2 Å². The predicted molar refractivity (Wildman–Crippen MR) is 94.6 cm³/mol. The van der Waals surface area contributed by atoms with E-state index in [9.17, 15) is 22.8 Å². The Hall–Kier alpha value is -1.92. The van der Waals surface area contributed by atoms with Gasteiger partial charge in [-0.2, -0.15) is 8.42 Å². The summed E-state index contributed by atoms with van der Waals surface area (Å²) in [7, 11) is -4.69. The summed E-state index contributed by atoms with van der Waals surface area (Å²) in [6, 6.07) is 2.77. The maximum atomic E-state index is 12.4. The molecule has 4 rings (SSSR count). The van der Waals surface area contributed by atoms with E-state index < -0.39 is 40.2 Å². The molecule has 0 unspecified atom stereocenters. The average molecular weight is 432 g/mol. The molecule has 0 aromatic heterocycles. The number of ether oxygens (including phenoxy) is 2. The fraction of sp³-hybridized carbons (Fsp3) is 0.353. The van der Waals surface area contributed by atoms with Crippen molar-refractivity contribution in [2.24, 2.45) is 0 Å². The van der Waals surface area contributed by atoms with E-state index in [-0.39, 0.29) is 49.7 Å². The minimum absolute atomic E-state index is 0. The van der Waals surface area contributed by atoms with Crippen LogP contribution in [0.4, 0.5) is 0 Å². The monoisotopic (exact) mass is 432 g/mol. The zero-order valence-electron chi connectivity index (χ0n) is 16.7. The molecule has 12 heteroatoms. The molecule has 0 spiro atoms. The Morgan fingerprint density at radius 3 is 2.76 bits per heavy atom. The molecule has 2 fully saturated rings. The van der Waals surface area contributed by atoms with E-state index in [1.807, 2.05) is 13.0 Å². The normalized spacial score (nSPS) is 22.4. The second-order valence-electron chi connectivity index (χ2n) is 6.66. The molecule has 0 bridgehead atoms. The molecule has 0 aliphatic carbocycles. The Bertz CT molecular complexity index is 1040. The van der Waals surface area contributed by atoms with Crippen molar-refractivity contribution in [3.8, 4) is 11.5 Å². The number of likely N-dealkylation sites (tertiary alicyclic amines) is 1. The summed E-state index contributed by atoms with van der Waals surface area (Å²) >= 11 is 0. The molecule has 3 heterocycles. The average Bonchev–Trinajstić information content (AvgIpc) is 2.98. The van der Waals surface area contributed by atoms with Crippen LogP contribution in [0.3, 0.4) is 0 Å². The summed E-state index contributed by atoms with van der Waals surface area (Å²) in [5, 5.41) is 0. The van der Waals surface area contributed by atoms with Gasteiger partial charge in [0.15, 0.2) is 0 Å². The van der Waals surface area contributed by atoms with Gasteiger partial charge >= 0.3 is 51.7 Å². The SMILES string of the molecule is CC1=CCOc2cc(OC(=O)C(=O)N3CC[C@@H]4[C@H]3C(=O)N4S(=O)(=O)O)ccc21.[H-].[Na+]. The van der Waals surface area contributed by atoms with Crippen molar-refractivity contribution in [3.05, 3.63) is 29.8 Å². The molecule has 3 aliphatic rings. The van der Waals surface area contributed by atoms with Crippen LogP contribution in [-0.4, -0.2) is 65.2 Å². The number of nitrogens with zero attached hydrogens (tertiary/aromatic N) is 2. The molecule has 0 saturated carbocycles. The van der Waals surface area contributed by atoms with E-state index in [2.05, 4.69) is 0 Å². The number of allylic oxidation sites excluding steroid dienone is 1. The Morgan fingerprint density at radius 1 is 1.34 bits per heavy atom. The van der Waals surface area contributed by atoms with Crippen LogP contribution in [0.15, 0.2) is 24.3 Å². The summed E-state index contributed by atoms with van der Waals surface area (Å²) in [6.07, 6.45) is 2.04. The van der Waals surface area contributed by atoms with Crippen LogP contribution >= 0.6 is 0 Å². The molecule has 2 atom stereocenters. The maximum absolute atomic E-state index is 12.4. The topological polar surface area (TPSA) is 131 Å². The van der Waals surface area contributed by atoms with Crippen molar-refractivity contribution in [1.29, 1.82) is 0 Å². The molecule has 150 valence electrons. The Kier molecular flexibility index (Phi) is 5.80. The maximum Gasteiger partial charge on any atom is 1.00 e. The molecule has 3 aliphatic heterocycles. The van der Waals surface area contributed by atoms with Gasteiger partial charge in [0.05, 0.1) is 6.04 Å². The number of carbonyl (C=O) groups is 3. The summed E-state index contributed by atoms with van der Waals surface area (Å²) in [5.74, 6) is -2.55. The van der Waals surface area contributed by atoms with Crippen molar-refractivity contribution in [2.45, 2.75) is 25.4 Å². The van der Waals surface area contributed by atoms with E-state index in [4.69, 9.17) is 14.0 Å². The molecule has 2 saturated heterocycles. The summed E-state index contributed by atoms with van der Waals surface area (Å²) < 4.78 is 42.4. The third kappa shape index (κ3) is 3.68. The summed E-state index contributed by atoms with van der Waals surface area (Å²) in [5.41, 5.74) is 1.87. The zero-order chi connectivity index (χ0) is 20.2. The Morgan fingerprint density at radius 2 is 2.07 bits per heavy atom. The minimum Gasteiger partial charge on any atom is -1.00 e. The van der Waals surface area contributed by atoms with E-state index in [1.165, 1.54) is 12.1 Å². The van der Waals surface area contributed by atoms with Gasteiger partial charge in [-0.25, -0.2) is 9.10 Å². The number of hydrogen-bond acceptors (Lipinski definition) is 7. The quantitative estimate of drug-likeness (QED) is 0.132. The molecular formula is C17H17N2NaO8S. The van der Waals surface area contributed by atoms with Gasteiger partial charge in [-0.3, -0.25) is 14.1 Å². The van der Waals surface area contributed by atoms with E-state index in [0.29, 0.717) is 16.7 Å². The minimum atomic E-state index is -4.69. The third-order valence-electron chi connectivity index (χ3n) is 5.04. The number of benzene rings is 1. The fourth-order valence-electron chi connectivity index (χ4n) is 3.69. The van der Waals surface area contributed by atoms with Crippen molar-refractivity contribution in [1.82, 2.24) is 9.21 Å². The van der Waals surface area contributed by atoms with Gasteiger partial charge < -0.3 is 15.8 Å². The number of carbonyl (C=O) groups excluding carboxylic acids is 3. The van der Waals surface area contributed by atoms with E-state index in [0.717, 1.165) is 16.0 Å². The van der Waals surface area contributed by atoms with Crippen molar-refractivity contribution >= 4 is 33.7 Å². The van der Waals surface area contributed by atoms with Crippen LogP contribution in [-0.2, 0) is 24.7 Å². The third-order valence-corrected chi connectivity index (χ3v) is 5.99. The first-order valence-electron chi connectivity index (χ1n) is 8.46. The van der Waals surface area contributed by atoms with Crippen LogP contribution in [0.5, 0.6) is 11.5 Å². The Balaban J connectivity index is 0.00000160. The first kappa shape index (κ1) is 21.8. The van der Waals surface area contributed by atoms with Gasteiger partial charge in [-0.15, -0.1) is 0 Å². The van der Waals surface area contributed by atoms with Gasteiger partial charge in [0, 0.05) is 18.2 Å². The van der Waals surface area contributed by atoms with E-state index in [1.54, 1.807) is 6.07 Å². The number of hydrogen-bond donors (Lipinski definition) is 1. The van der Waals surface area contributed by atoms with Crippen molar-refractivity contribution < 1.29 is 67.8 Å². The number of amides is 2. The van der Waals surface area contributed by atoms with Gasteiger partial charge in [0.1, 0.15) is 24.1 Å². The zero-order valence-corrected chi connectivity index (χ0v) is 18.5. The van der Waals surface area contributed by atoms with Gasteiger partial charge in [-0.05, 0) is 37.1 Å². The van der Waals surface area contributed by atoms with Crippen LogP contribution in [0, 0.1) is 0 Å². The van der Waals surface area contributed by atoms with Crippen LogP contribution < -0.4 is 39.0 Å². The molecule has 1 aromatic carbocycles. The van der Waals surface area contributed by atoms with Gasteiger partial charge in [-0.1, -0.05) is 0 Å². The molecule has 10 nitrogen and oxygen atoms in total. The van der Waals surface area contributed by atoms with Crippen LogP contribution in [0.2, 0.25) is 0 Å². The molecular weight excluding hydrogens is 415 g/mol. The molecule has 1 aromatic rings. The van der Waals surface area contributed by atoms with Crippen LogP contribution in [0.25, 0.3) is 5.57 Å². The first-order valence-corrected chi connectivity index (χ1v) is 9.85. The predicted octanol–water partition coefficient (Wildman–Crippen LogP) is -2.88. The standard InChI is InChI=1S/C17H16N2O8S.Na.H/c1-9-5-7-26-13-8-10(2-3-11(9)13)27-17(22)16(21)18-6-4-12-14(18)15(20)19(12)28(23,24)25;;/h2-3,5,8,12,14H,4,6-7H2,1H3,(H,23,24,25);;/q;+1;-1/t12-,14+;;/m1../s1. The smallest absolute Gasteiger partial charge is 1.00 e. The Labute approximate surface area is 190 Å². The van der Waals surface area contributed by atoms with E-state index >= 15 is 0 Å². The summed E-state index contributed by atoms with van der Waals surface area (Å²) in [6.45, 7) is 2.31. The molecule has 1 N–H and O–H groups in total. The number of rotatable bonds is 2. The van der Waals surface area contributed by atoms with Crippen LogP contribution in [0.1, 0.15) is 20.3 Å². The summed E-state index contributed by atoms with van der Waals surface area (Å²) in [4.78, 5) is 37.6. The number of esters is 1. The molecule has 2 amide bonds. The first-order chi connectivity index (χ1) is 13.2. The van der Waals surface area contributed by atoms with Gasteiger partial charge in [0.2, 0.25) is 0 Å². The van der Waals surface area contributed by atoms with Crippen molar-refractivity contribution in [3.63, 3.8) is 0 Å². The fourth-order valence-corrected chi connectivity index (χ4v) is 4.59. The second kappa shape index (κ2) is 7.73. The molecule has 0 radical (unpaired) electrons. The largest absolute Gasteiger partial charge is 1.00 e. The van der Waals surface area contributed by atoms with Gasteiger partial charge in [0.25, 0.3) is 5.91 Å². The molecule has 29 heavy (non-hydrogen) atoms. The number of β-lactam (4-membered cyclic amide) rings is 1.